The molecular weight excluding hydrogens is 442 g/mol. The third-order valence-electron chi connectivity index (χ3n) is 7.41. The van der Waals surface area contributed by atoms with E-state index in [9.17, 15) is 9.59 Å². The zero-order valence-electron chi connectivity index (χ0n) is 20.7. The molecule has 176 valence electrons. The van der Waals surface area contributed by atoms with Gasteiger partial charge in [-0.2, -0.15) is 0 Å². The Balaban J connectivity index is 1.82. The summed E-state index contributed by atoms with van der Waals surface area (Å²) in [4.78, 5) is 29.8. The summed E-state index contributed by atoms with van der Waals surface area (Å²) in [6, 6.07) is 16.1. The van der Waals surface area contributed by atoms with Gasteiger partial charge in [0.15, 0.2) is 11.6 Å². The summed E-state index contributed by atoms with van der Waals surface area (Å²) in [6.07, 6.45) is 2.55. The number of Topliss-reactive ketones (excluding diaryl/α,β-unsaturated/α-hetero) is 2. The second kappa shape index (κ2) is 7.95. The molecule has 3 aliphatic rings. The van der Waals surface area contributed by atoms with Crippen LogP contribution in [-0.2, 0) is 9.59 Å². The van der Waals surface area contributed by atoms with Gasteiger partial charge in [0.05, 0.1) is 0 Å². The number of nitrogens with zero attached hydrogens (tertiary/aromatic N) is 1. The minimum absolute atomic E-state index is 0.143. The van der Waals surface area contributed by atoms with Gasteiger partial charge in [-0.1, -0.05) is 69.1 Å². The van der Waals surface area contributed by atoms with Crippen molar-refractivity contribution in [1.82, 2.24) is 0 Å². The predicted octanol–water partition coefficient (Wildman–Crippen LogP) is 7.54. The summed E-state index contributed by atoms with van der Waals surface area (Å²) in [5.74, 6) is -0.0452. The van der Waals surface area contributed by atoms with E-state index < -0.39 is 0 Å². The fraction of sp³-hybridized carbons (Fsp3) is 0.400. The highest BCUT2D eigenvalue weighted by Gasteiger charge is 2.49. The van der Waals surface area contributed by atoms with Gasteiger partial charge >= 0.3 is 0 Å². The van der Waals surface area contributed by atoms with Crippen molar-refractivity contribution in [2.24, 2.45) is 10.8 Å². The molecule has 1 heterocycles. The normalized spacial score (nSPS) is 22.1. The molecule has 2 aliphatic carbocycles. The van der Waals surface area contributed by atoms with Gasteiger partial charge in [-0.15, -0.1) is 0 Å². The van der Waals surface area contributed by atoms with E-state index >= 15 is 0 Å². The summed E-state index contributed by atoms with van der Waals surface area (Å²) in [6.45, 7) is 10.7. The molecule has 2 aromatic carbocycles. The first-order chi connectivity index (χ1) is 16.0. The SMILES string of the molecule is Cc1ccc(N2C3=C(C(=O)CC(C)(C)C3)C(c3ccc(Cl)cc3)C3=C2CC(C)(C)CC3=O)cc1. The molecule has 0 N–H and O–H groups in total. The van der Waals surface area contributed by atoms with E-state index in [1.807, 2.05) is 24.3 Å². The lowest BCUT2D eigenvalue weighted by Crippen LogP contribution is -2.44. The Morgan fingerprint density at radius 1 is 0.735 bits per heavy atom. The van der Waals surface area contributed by atoms with Gasteiger partial charge in [-0.05, 0) is 60.4 Å². The van der Waals surface area contributed by atoms with Crippen LogP contribution in [0.1, 0.15) is 70.4 Å². The Labute approximate surface area is 207 Å². The smallest absolute Gasteiger partial charge is 0.162 e. The summed E-state index contributed by atoms with van der Waals surface area (Å²) < 4.78 is 0. The van der Waals surface area contributed by atoms with E-state index in [0.29, 0.717) is 17.9 Å². The highest BCUT2D eigenvalue weighted by Crippen LogP contribution is 2.55. The summed E-state index contributed by atoms with van der Waals surface area (Å²) >= 11 is 6.21. The average Bonchev–Trinajstić information content (AvgIpc) is 2.72. The van der Waals surface area contributed by atoms with Crippen molar-refractivity contribution in [2.75, 3.05) is 4.90 Å². The number of hydrogen-bond donors (Lipinski definition) is 0. The van der Waals surface area contributed by atoms with Crippen LogP contribution in [0.4, 0.5) is 5.69 Å². The molecule has 0 fully saturated rings. The van der Waals surface area contributed by atoms with Gasteiger partial charge in [-0.25, -0.2) is 0 Å². The van der Waals surface area contributed by atoms with Crippen molar-refractivity contribution in [3.63, 3.8) is 0 Å². The molecule has 4 heteroatoms. The number of benzene rings is 2. The Bertz CT molecular complexity index is 1190. The number of allylic oxidation sites excluding steroid dienone is 4. The lowest BCUT2D eigenvalue weighted by atomic mass is 9.63. The lowest BCUT2D eigenvalue weighted by molar-refractivity contribution is -0.119. The van der Waals surface area contributed by atoms with Crippen LogP contribution in [0.2, 0.25) is 5.02 Å². The van der Waals surface area contributed by atoms with Gasteiger partial charge in [0.1, 0.15) is 0 Å². The Morgan fingerprint density at radius 3 is 1.68 bits per heavy atom. The number of anilines is 1. The van der Waals surface area contributed by atoms with E-state index in [-0.39, 0.29) is 28.3 Å². The quantitative estimate of drug-likeness (QED) is 0.452. The van der Waals surface area contributed by atoms with E-state index in [1.165, 1.54) is 5.56 Å². The van der Waals surface area contributed by atoms with Crippen molar-refractivity contribution < 1.29 is 9.59 Å². The Morgan fingerprint density at radius 2 is 1.21 bits per heavy atom. The summed E-state index contributed by atoms with van der Waals surface area (Å²) in [5, 5.41) is 0.649. The largest absolute Gasteiger partial charge is 0.317 e. The molecule has 2 aromatic rings. The number of hydrogen-bond acceptors (Lipinski definition) is 3. The summed E-state index contributed by atoms with van der Waals surface area (Å²) in [5.41, 5.74) is 6.56. The fourth-order valence-electron chi connectivity index (χ4n) is 5.96. The Kier molecular flexibility index (Phi) is 5.40. The number of halogens is 1. The molecule has 1 aliphatic heterocycles. The van der Waals surface area contributed by atoms with Gasteiger partial charge in [-0.3, -0.25) is 9.59 Å². The third kappa shape index (κ3) is 3.94. The van der Waals surface area contributed by atoms with E-state index in [0.717, 1.165) is 46.6 Å². The van der Waals surface area contributed by atoms with E-state index in [2.05, 4.69) is 63.8 Å². The Hall–Kier alpha value is -2.65. The van der Waals surface area contributed by atoms with Crippen LogP contribution < -0.4 is 4.90 Å². The van der Waals surface area contributed by atoms with Crippen LogP contribution in [0, 0.1) is 17.8 Å². The molecule has 0 bridgehead atoms. The molecule has 0 spiro atoms. The van der Waals surface area contributed by atoms with Crippen molar-refractivity contribution in [2.45, 2.75) is 66.2 Å². The molecule has 0 unspecified atom stereocenters. The molecule has 0 saturated carbocycles. The van der Waals surface area contributed by atoms with Gasteiger partial charge in [0.25, 0.3) is 0 Å². The number of carbonyl (C=O) groups is 2. The van der Waals surface area contributed by atoms with E-state index in [4.69, 9.17) is 11.6 Å². The monoisotopic (exact) mass is 473 g/mol. The van der Waals surface area contributed by atoms with Crippen LogP contribution in [0.3, 0.4) is 0 Å². The first-order valence-corrected chi connectivity index (χ1v) is 12.5. The third-order valence-corrected chi connectivity index (χ3v) is 7.66. The second-order valence-electron chi connectivity index (χ2n) is 11.8. The van der Waals surface area contributed by atoms with Crippen molar-refractivity contribution in [1.29, 1.82) is 0 Å². The van der Waals surface area contributed by atoms with Crippen molar-refractivity contribution in [3.05, 3.63) is 87.2 Å². The molecule has 3 nitrogen and oxygen atoms in total. The second-order valence-corrected chi connectivity index (χ2v) is 12.2. The minimum atomic E-state index is -0.337. The lowest BCUT2D eigenvalue weighted by Gasteiger charge is -2.49. The number of rotatable bonds is 2. The molecule has 5 rings (SSSR count). The summed E-state index contributed by atoms with van der Waals surface area (Å²) in [7, 11) is 0. The van der Waals surface area contributed by atoms with Crippen LogP contribution in [0.25, 0.3) is 0 Å². The molecule has 0 atom stereocenters. The van der Waals surface area contributed by atoms with Crippen molar-refractivity contribution in [3.8, 4) is 0 Å². The molecular formula is C30H32ClNO2. The van der Waals surface area contributed by atoms with Gasteiger partial charge in [0, 0.05) is 52.0 Å². The van der Waals surface area contributed by atoms with Gasteiger partial charge in [0.2, 0.25) is 0 Å². The zero-order chi connectivity index (χ0) is 24.4. The average molecular weight is 474 g/mol. The predicted molar refractivity (Wildman–Crippen MR) is 138 cm³/mol. The maximum absolute atomic E-state index is 13.8. The first kappa shape index (κ1) is 23.1. The molecule has 0 saturated heterocycles. The maximum Gasteiger partial charge on any atom is 0.162 e. The fourth-order valence-corrected chi connectivity index (χ4v) is 6.09. The minimum Gasteiger partial charge on any atom is -0.317 e. The number of aryl methyl sites for hydroxylation is 1. The van der Waals surface area contributed by atoms with Crippen molar-refractivity contribution >= 4 is 28.9 Å². The van der Waals surface area contributed by atoms with Crippen LogP contribution in [0.5, 0.6) is 0 Å². The van der Waals surface area contributed by atoms with Gasteiger partial charge < -0.3 is 4.90 Å². The highest BCUT2D eigenvalue weighted by atomic mass is 35.5. The highest BCUT2D eigenvalue weighted by molar-refractivity contribution is 6.30. The molecule has 0 amide bonds. The topological polar surface area (TPSA) is 37.4 Å². The zero-order valence-corrected chi connectivity index (χ0v) is 21.4. The van der Waals surface area contributed by atoms with Crippen LogP contribution in [-0.4, -0.2) is 11.6 Å². The number of carbonyl (C=O) groups excluding carboxylic acids is 2. The number of ketones is 2. The maximum atomic E-state index is 13.8. The first-order valence-electron chi connectivity index (χ1n) is 12.1. The standard InChI is InChI=1S/C30H32ClNO2/c1-18-6-12-21(13-7-18)32-22-14-29(2,3)16-24(33)27(22)26(19-8-10-20(31)11-9-19)28-23(32)15-30(4,5)17-25(28)34/h6-13,26H,14-17H2,1-5H3. The molecule has 0 aromatic heterocycles. The molecule has 34 heavy (non-hydrogen) atoms. The van der Waals surface area contributed by atoms with E-state index in [1.54, 1.807) is 0 Å². The molecule has 0 radical (unpaired) electrons. The van der Waals surface area contributed by atoms with Crippen LogP contribution in [0.15, 0.2) is 71.1 Å². The van der Waals surface area contributed by atoms with Crippen LogP contribution >= 0.6 is 11.6 Å².